The number of aromatic nitrogens is 3. The van der Waals surface area contributed by atoms with E-state index in [0.717, 1.165) is 11.6 Å². The Labute approximate surface area is 172 Å². The summed E-state index contributed by atoms with van der Waals surface area (Å²) in [6.45, 7) is 6.87. The Balaban J connectivity index is 1.55. The molecule has 0 aliphatic carbocycles. The van der Waals surface area contributed by atoms with E-state index in [9.17, 15) is 4.79 Å². The number of thioether (sulfide) groups is 2. The predicted molar refractivity (Wildman–Crippen MR) is 112 cm³/mol. The Morgan fingerprint density at radius 1 is 1.25 bits per heavy atom. The number of nitrogens with one attached hydrogen (secondary N) is 1. The van der Waals surface area contributed by atoms with Crippen LogP contribution in [0.5, 0.6) is 0 Å². The van der Waals surface area contributed by atoms with Gasteiger partial charge >= 0.3 is 0 Å². The molecule has 0 spiro atoms. The van der Waals surface area contributed by atoms with Crippen LogP contribution in [0.1, 0.15) is 17.1 Å². The van der Waals surface area contributed by atoms with E-state index in [1.165, 1.54) is 22.2 Å². The summed E-state index contributed by atoms with van der Waals surface area (Å²) in [5, 5.41) is 12.1. The smallest absolute Gasteiger partial charge is 0.230 e. The molecule has 146 valence electrons. The van der Waals surface area contributed by atoms with Gasteiger partial charge in [0.1, 0.15) is 11.6 Å². The van der Waals surface area contributed by atoms with Gasteiger partial charge in [0.2, 0.25) is 5.91 Å². The second-order valence-electron chi connectivity index (χ2n) is 6.04. The number of hydrogen-bond donors (Lipinski definition) is 1. The molecule has 2 heterocycles. The number of benzene rings is 1. The first-order chi connectivity index (χ1) is 13.7. The molecular formula is C20H22N4O2S2. The van der Waals surface area contributed by atoms with Gasteiger partial charge in [-0.3, -0.25) is 4.79 Å². The van der Waals surface area contributed by atoms with Gasteiger partial charge < -0.3 is 14.3 Å². The molecule has 0 saturated heterocycles. The van der Waals surface area contributed by atoms with Crippen molar-refractivity contribution < 1.29 is 9.21 Å². The van der Waals surface area contributed by atoms with E-state index in [1.54, 1.807) is 24.1 Å². The van der Waals surface area contributed by atoms with E-state index in [4.69, 9.17) is 4.42 Å². The van der Waals surface area contributed by atoms with Crippen LogP contribution in [0.4, 0.5) is 0 Å². The number of aryl methyl sites for hydroxylation is 1. The zero-order valence-corrected chi connectivity index (χ0v) is 17.3. The second-order valence-corrected chi connectivity index (χ2v) is 8.04. The maximum atomic E-state index is 12.1. The number of hydrogen-bond acceptors (Lipinski definition) is 6. The van der Waals surface area contributed by atoms with E-state index in [2.05, 4.69) is 53.3 Å². The maximum absolute atomic E-state index is 12.1. The van der Waals surface area contributed by atoms with Crippen LogP contribution >= 0.6 is 23.5 Å². The van der Waals surface area contributed by atoms with Crippen LogP contribution in [-0.4, -0.2) is 26.4 Å². The van der Waals surface area contributed by atoms with E-state index in [0.29, 0.717) is 24.0 Å². The van der Waals surface area contributed by atoms with Crippen LogP contribution < -0.4 is 5.32 Å². The molecule has 0 saturated carbocycles. The van der Waals surface area contributed by atoms with Gasteiger partial charge in [0.15, 0.2) is 5.16 Å². The summed E-state index contributed by atoms with van der Waals surface area (Å²) in [6, 6.07) is 12.0. The minimum atomic E-state index is -0.0786. The first-order valence-corrected chi connectivity index (χ1v) is 10.8. The topological polar surface area (TPSA) is 73.0 Å². The Morgan fingerprint density at radius 3 is 2.79 bits per heavy atom. The summed E-state index contributed by atoms with van der Waals surface area (Å²) in [5.74, 6) is 2.48. The molecule has 1 amide bonds. The number of carbonyl (C=O) groups is 1. The van der Waals surface area contributed by atoms with Gasteiger partial charge in [-0.25, -0.2) is 0 Å². The molecule has 0 fully saturated rings. The van der Waals surface area contributed by atoms with Gasteiger partial charge in [0.25, 0.3) is 0 Å². The molecule has 6 nitrogen and oxygen atoms in total. The fraction of sp³-hybridized carbons (Fsp3) is 0.250. The fourth-order valence-corrected chi connectivity index (χ4v) is 4.04. The minimum absolute atomic E-state index is 0.0786. The monoisotopic (exact) mass is 414 g/mol. The molecule has 0 unspecified atom stereocenters. The summed E-state index contributed by atoms with van der Waals surface area (Å²) in [4.78, 5) is 13.3. The van der Waals surface area contributed by atoms with Gasteiger partial charge in [-0.15, -0.1) is 28.5 Å². The van der Waals surface area contributed by atoms with Crippen LogP contribution in [0.2, 0.25) is 0 Å². The van der Waals surface area contributed by atoms with Crippen molar-refractivity contribution in [3.05, 3.63) is 72.5 Å². The number of furan rings is 1. The van der Waals surface area contributed by atoms with Crippen LogP contribution in [-0.2, 0) is 23.6 Å². The molecule has 0 aliphatic heterocycles. The summed E-state index contributed by atoms with van der Waals surface area (Å²) < 4.78 is 7.21. The van der Waals surface area contributed by atoms with E-state index in [-0.39, 0.29) is 11.7 Å². The van der Waals surface area contributed by atoms with Crippen LogP contribution in [0.3, 0.4) is 0 Å². The number of amides is 1. The lowest BCUT2D eigenvalue weighted by Gasteiger charge is -2.08. The van der Waals surface area contributed by atoms with E-state index >= 15 is 0 Å². The van der Waals surface area contributed by atoms with Gasteiger partial charge in [-0.05, 0) is 31.2 Å². The van der Waals surface area contributed by atoms with Crippen molar-refractivity contribution in [2.45, 2.75) is 35.8 Å². The maximum Gasteiger partial charge on any atom is 0.230 e. The fourth-order valence-electron chi connectivity index (χ4n) is 2.41. The van der Waals surface area contributed by atoms with Crippen molar-refractivity contribution in [3.8, 4) is 0 Å². The van der Waals surface area contributed by atoms with Gasteiger partial charge in [-0.1, -0.05) is 35.5 Å². The lowest BCUT2D eigenvalue weighted by molar-refractivity contribution is -0.118. The van der Waals surface area contributed by atoms with Gasteiger partial charge in [0, 0.05) is 11.4 Å². The van der Waals surface area contributed by atoms with Crippen molar-refractivity contribution in [1.82, 2.24) is 20.1 Å². The van der Waals surface area contributed by atoms with Gasteiger partial charge in [0.05, 0.1) is 24.3 Å². The third kappa shape index (κ3) is 5.77. The first-order valence-electron chi connectivity index (χ1n) is 8.80. The predicted octanol–water partition coefficient (Wildman–Crippen LogP) is 4.07. The van der Waals surface area contributed by atoms with Crippen LogP contribution in [0.25, 0.3) is 0 Å². The molecule has 2 aromatic heterocycles. The lowest BCUT2D eigenvalue weighted by Crippen LogP contribution is -2.24. The molecule has 0 atom stereocenters. The molecule has 0 aliphatic rings. The number of allylic oxidation sites excluding steroid dienone is 1. The van der Waals surface area contributed by atoms with Gasteiger partial charge in [-0.2, -0.15) is 0 Å². The number of rotatable bonds is 10. The molecule has 0 bridgehead atoms. The Hall–Kier alpha value is -2.45. The molecule has 3 rings (SSSR count). The molecule has 1 N–H and O–H groups in total. The molecule has 28 heavy (non-hydrogen) atoms. The van der Waals surface area contributed by atoms with Crippen molar-refractivity contribution >= 4 is 29.4 Å². The average molecular weight is 415 g/mol. The first kappa shape index (κ1) is 20.3. The normalized spacial score (nSPS) is 10.8. The average Bonchev–Trinajstić information content (AvgIpc) is 3.35. The zero-order chi connectivity index (χ0) is 19.8. The summed E-state index contributed by atoms with van der Waals surface area (Å²) in [6.07, 6.45) is 3.40. The Kier molecular flexibility index (Phi) is 7.39. The largest absolute Gasteiger partial charge is 0.467 e. The Bertz CT molecular complexity index is 905. The molecular weight excluding hydrogens is 392 g/mol. The third-order valence-electron chi connectivity index (χ3n) is 3.87. The minimum Gasteiger partial charge on any atom is -0.467 e. The summed E-state index contributed by atoms with van der Waals surface area (Å²) in [5.41, 5.74) is 1.24. The second kappa shape index (κ2) is 10.2. The van der Waals surface area contributed by atoms with Crippen LogP contribution in [0.15, 0.2) is 69.8 Å². The molecule has 8 heteroatoms. The standard InChI is InChI=1S/C20H22N4O2S2/c1-3-10-24-18(13-27-17-8-6-15(2)7-9-17)22-23-20(24)28-14-19(25)21-12-16-5-4-11-26-16/h3-9,11H,1,10,12-14H2,2H3,(H,21,25). The third-order valence-corrected chi connectivity index (χ3v) is 5.84. The van der Waals surface area contributed by atoms with Crippen LogP contribution in [0, 0.1) is 6.92 Å². The molecule has 1 aromatic carbocycles. The quantitative estimate of drug-likeness (QED) is 0.398. The van der Waals surface area contributed by atoms with E-state index in [1.807, 2.05) is 16.7 Å². The SMILES string of the molecule is C=CCn1c(CSc2ccc(C)cc2)nnc1SCC(=O)NCc1ccco1. The number of nitrogens with zero attached hydrogens (tertiary/aromatic N) is 3. The highest BCUT2D eigenvalue weighted by Crippen LogP contribution is 2.25. The highest BCUT2D eigenvalue weighted by atomic mass is 32.2. The van der Waals surface area contributed by atoms with Crippen molar-refractivity contribution in [2.24, 2.45) is 0 Å². The lowest BCUT2D eigenvalue weighted by atomic mass is 10.2. The Morgan fingerprint density at radius 2 is 2.07 bits per heavy atom. The summed E-state index contributed by atoms with van der Waals surface area (Å²) >= 11 is 3.08. The molecule has 0 radical (unpaired) electrons. The highest BCUT2D eigenvalue weighted by molar-refractivity contribution is 7.99. The van der Waals surface area contributed by atoms with Crippen molar-refractivity contribution in [3.63, 3.8) is 0 Å². The van der Waals surface area contributed by atoms with E-state index < -0.39 is 0 Å². The zero-order valence-electron chi connectivity index (χ0n) is 15.6. The summed E-state index contributed by atoms with van der Waals surface area (Å²) in [7, 11) is 0. The highest BCUT2D eigenvalue weighted by Gasteiger charge is 2.14. The molecule has 3 aromatic rings. The van der Waals surface area contributed by atoms with Crippen molar-refractivity contribution in [1.29, 1.82) is 0 Å². The van der Waals surface area contributed by atoms with Crippen molar-refractivity contribution in [2.75, 3.05) is 5.75 Å². The number of carbonyl (C=O) groups excluding carboxylic acids is 1.